The molecule has 4 N–H and O–H groups in total. The standard InChI is InChI=1S/C24H22F3N5O4/c1-11-16(20(29)34)18-14(12-3-4-15(25)13(7-12)8-28)5-6-32(18)17(11)19(33)21(35)31-23(22(36)30-2)9-24(26,27)10-23/h3-4,7,14H,5-6,9-10H2,1-2H3,(H2,29,34)(H,30,36)(H,31,35). The minimum Gasteiger partial charge on any atom is -0.366 e. The van der Waals surface area contributed by atoms with Crippen LogP contribution in [-0.2, 0) is 16.1 Å². The van der Waals surface area contributed by atoms with Crippen LogP contribution in [0.4, 0.5) is 13.2 Å². The van der Waals surface area contributed by atoms with Gasteiger partial charge in [-0.15, -0.1) is 0 Å². The van der Waals surface area contributed by atoms with Crippen LogP contribution in [0.3, 0.4) is 0 Å². The molecular weight excluding hydrogens is 479 g/mol. The fourth-order valence-electron chi connectivity index (χ4n) is 5.29. The molecule has 188 valence electrons. The lowest BCUT2D eigenvalue weighted by molar-refractivity contribution is -0.164. The summed E-state index contributed by atoms with van der Waals surface area (Å²) in [6.07, 6.45) is -1.54. The normalized spacial score (nSPS) is 18.9. The third-order valence-electron chi connectivity index (χ3n) is 6.83. The van der Waals surface area contributed by atoms with Gasteiger partial charge in [0.05, 0.1) is 16.8 Å². The van der Waals surface area contributed by atoms with Gasteiger partial charge in [-0.2, -0.15) is 5.26 Å². The number of amides is 3. The summed E-state index contributed by atoms with van der Waals surface area (Å²) in [7, 11) is 1.23. The molecule has 2 aliphatic rings. The van der Waals surface area contributed by atoms with Crippen molar-refractivity contribution in [1.29, 1.82) is 5.26 Å². The Bertz CT molecular complexity index is 1370. The van der Waals surface area contributed by atoms with Gasteiger partial charge in [0.25, 0.3) is 23.5 Å². The summed E-state index contributed by atoms with van der Waals surface area (Å²) in [5.41, 5.74) is 4.31. The number of likely N-dealkylation sites (N-methyl/N-ethyl adjacent to an activating group) is 1. The lowest BCUT2D eigenvalue weighted by atomic mass is 9.72. The molecule has 9 nitrogen and oxygen atoms in total. The average Bonchev–Trinajstić information content (AvgIpc) is 3.33. The Morgan fingerprint density at radius 2 is 1.89 bits per heavy atom. The molecule has 4 rings (SSSR count). The number of benzene rings is 1. The highest BCUT2D eigenvalue weighted by atomic mass is 19.3. The van der Waals surface area contributed by atoms with E-state index in [0.717, 1.165) is 6.07 Å². The number of rotatable bonds is 6. The van der Waals surface area contributed by atoms with Gasteiger partial charge in [-0.3, -0.25) is 19.2 Å². The number of carbonyl (C=O) groups is 4. The number of Topliss-reactive ketones (excluding diaryl/α,β-unsaturated/α-hetero) is 1. The Morgan fingerprint density at radius 3 is 2.44 bits per heavy atom. The third kappa shape index (κ3) is 3.80. The number of alkyl halides is 2. The number of nitrogens with two attached hydrogens (primary N) is 1. The third-order valence-corrected chi connectivity index (χ3v) is 6.83. The average molecular weight is 501 g/mol. The molecule has 2 heterocycles. The highest BCUT2D eigenvalue weighted by molar-refractivity contribution is 6.43. The quantitative estimate of drug-likeness (QED) is 0.407. The Balaban J connectivity index is 1.73. The highest BCUT2D eigenvalue weighted by Crippen LogP contribution is 2.46. The van der Waals surface area contributed by atoms with Gasteiger partial charge < -0.3 is 20.9 Å². The molecular formula is C24H22F3N5O4. The molecule has 1 aliphatic carbocycles. The maximum Gasteiger partial charge on any atom is 0.294 e. The number of nitriles is 1. The minimum atomic E-state index is -3.17. The predicted molar refractivity (Wildman–Crippen MR) is 119 cm³/mol. The van der Waals surface area contributed by atoms with Crippen LogP contribution >= 0.6 is 0 Å². The molecule has 0 bridgehead atoms. The first-order valence-electron chi connectivity index (χ1n) is 11.0. The Kier molecular flexibility index (Phi) is 5.90. The Morgan fingerprint density at radius 1 is 1.22 bits per heavy atom. The summed E-state index contributed by atoms with van der Waals surface area (Å²) in [6, 6.07) is 5.69. The number of ketones is 1. The number of hydrogen-bond acceptors (Lipinski definition) is 5. The number of aromatic nitrogens is 1. The van der Waals surface area contributed by atoms with Gasteiger partial charge in [-0.05, 0) is 36.6 Å². The van der Waals surface area contributed by atoms with Gasteiger partial charge in [-0.1, -0.05) is 6.07 Å². The predicted octanol–water partition coefficient (Wildman–Crippen LogP) is 1.65. The van der Waals surface area contributed by atoms with E-state index in [9.17, 15) is 37.6 Å². The SMILES string of the molecule is CNC(=O)C1(NC(=O)C(=O)c2c(C)c(C(N)=O)c3n2CCC3c2ccc(F)c(C#N)c2)CC(F)(F)C1. The lowest BCUT2D eigenvalue weighted by Gasteiger charge is -2.45. The molecule has 2 aromatic rings. The fraction of sp³-hybridized carbons (Fsp3) is 0.375. The lowest BCUT2D eigenvalue weighted by Crippen LogP contribution is -2.69. The van der Waals surface area contributed by atoms with Crippen molar-refractivity contribution in [3.8, 4) is 6.07 Å². The molecule has 0 saturated heterocycles. The summed E-state index contributed by atoms with van der Waals surface area (Å²) in [4.78, 5) is 50.7. The van der Waals surface area contributed by atoms with Gasteiger partial charge in [-0.25, -0.2) is 13.2 Å². The number of hydrogen-bond donors (Lipinski definition) is 3. The maximum absolute atomic E-state index is 13.9. The van der Waals surface area contributed by atoms with Crippen LogP contribution in [0.2, 0.25) is 0 Å². The topological polar surface area (TPSA) is 147 Å². The van der Waals surface area contributed by atoms with E-state index in [4.69, 9.17) is 5.73 Å². The van der Waals surface area contributed by atoms with Crippen LogP contribution in [0.25, 0.3) is 0 Å². The van der Waals surface area contributed by atoms with Gasteiger partial charge >= 0.3 is 0 Å². The van der Waals surface area contributed by atoms with Gasteiger partial charge in [0, 0.05) is 38.0 Å². The minimum absolute atomic E-state index is 0.00711. The van der Waals surface area contributed by atoms with Crippen LogP contribution in [0, 0.1) is 24.1 Å². The van der Waals surface area contributed by atoms with Crippen molar-refractivity contribution in [2.75, 3.05) is 7.05 Å². The highest BCUT2D eigenvalue weighted by Gasteiger charge is 2.62. The van der Waals surface area contributed by atoms with E-state index in [1.54, 1.807) is 6.07 Å². The molecule has 1 saturated carbocycles. The zero-order chi connectivity index (χ0) is 26.6. The summed E-state index contributed by atoms with van der Waals surface area (Å²) < 4.78 is 42.5. The first-order valence-corrected chi connectivity index (χ1v) is 11.0. The molecule has 36 heavy (non-hydrogen) atoms. The van der Waals surface area contributed by atoms with E-state index in [1.165, 1.54) is 30.7 Å². The summed E-state index contributed by atoms with van der Waals surface area (Å²) in [6.45, 7) is 1.63. The van der Waals surface area contributed by atoms with Gasteiger partial charge in [0.2, 0.25) is 5.91 Å². The van der Waals surface area contributed by atoms with Gasteiger partial charge in [0.15, 0.2) is 0 Å². The molecule has 1 atom stereocenters. The van der Waals surface area contributed by atoms with E-state index in [0.29, 0.717) is 17.7 Å². The van der Waals surface area contributed by atoms with Crippen molar-refractivity contribution in [3.63, 3.8) is 0 Å². The smallest absolute Gasteiger partial charge is 0.294 e. The molecule has 1 aliphatic heterocycles. The van der Waals surface area contributed by atoms with E-state index < -0.39 is 59.5 Å². The molecule has 1 unspecified atom stereocenters. The van der Waals surface area contributed by atoms with Crippen LogP contribution in [-0.4, -0.2) is 46.6 Å². The van der Waals surface area contributed by atoms with Crippen molar-refractivity contribution in [3.05, 3.63) is 57.7 Å². The van der Waals surface area contributed by atoms with Crippen molar-refractivity contribution in [1.82, 2.24) is 15.2 Å². The molecule has 0 spiro atoms. The molecule has 0 radical (unpaired) electrons. The largest absolute Gasteiger partial charge is 0.366 e. The molecule has 3 amide bonds. The monoisotopic (exact) mass is 501 g/mol. The second-order valence-corrected chi connectivity index (χ2v) is 9.10. The Labute approximate surface area is 203 Å². The first-order chi connectivity index (χ1) is 16.9. The number of primary amides is 1. The van der Waals surface area contributed by atoms with Crippen LogP contribution in [0.1, 0.15) is 68.4 Å². The van der Waals surface area contributed by atoms with Crippen molar-refractivity contribution in [2.24, 2.45) is 5.73 Å². The van der Waals surface area contributed by atoms with Crippen LogP contribution < -0.4 is 16.4 Å². The number of carbonyl (C=O) groups excluding carboxylic acids is 4. The molecule has 12 heteroatoms. The zero-order valence-corrected chi connectivity index (χ0v) is 19.4. The van der Waals surface area contributed by atoms with E-state index in [2.05, 4.69) is 10.6 Å². The van der Waals surface area contributed by atoms with Crippen molar-refractivity contribution < 1.29 is 32.3 Å². The molecule has 1 aromatic carbocycles. The van der Waals surface area contributed by atoms with Gasteiger partial charge in [0.1, 0.15) is 17.4 Å². The fourth-order valence-corrected chi connectivity index (χ4v) is 5.29. The zero-order valence-electron chi connectivity index (χ0n) is 19.4. The second kappa shape index (κ2) is 8.51. The summed E-state index contributed by atoms with van der Waals surface area (Å²) >= 11 is 0. The maximum atomic E-state index is 13.9. The Hall–Kier alpha value is -4.14. The molecule has 1 fully saturated rings. The number of halogens is 3. The van der Waals surface area contributed by atoms with Crippen molar-refractivity contribution in [2.45, 2.75) is 50.1 Å². The number of fused-ring (bicyclic) bond motifs is 1. The van der Waals surface area contributed by atoms with Crippen molar-refractivity contribution >= 4 is 23.5 Å². The molecule has 1 aromatic heterocycles. The van der Waals surface area contributed by atoms with E-state index in [1.807, 2.05) is 0 Å². The van der Waals surface area contributed by atoms with Crippen LogP contribution in [0.15, 0.2) is 18.2 Å². The number of nitrogens with one attached hydrogen (secondary N) is 2. The number of nitrogens with zero attached hydrogens (tertiary/aromatic N) is 2. The van der Waals surface area contributed by atoms with E-state index >= 15 is 0 Å². The summed E-state index contributed by atoms with van der Waals surface area (Å²) in [5.74, 6) is -8.49. The first kappa shape index (κ1) is 25.0. The summed E-state index contributed by atoms with van der Waals surface area (Å²) in [5, 5.41) is 13.6. The van der Waals surface area contributed by atoms with Crippen LogP contribution in [0.5, 0.6) is 0 Å². The van der Waals surface area contributed by atoms with E-state index in [-0.39, 0.29) is 28.9 Å². The second-order valence-electron chi connectivity index (χ2n) is 9.10.